The molecule has 0 saturated heterocycles. The summed E-state index contributed by atoms with van der Waals surface area (Å²) in [6.07, 6.45) is 4.47. The fourth-order valence-electron chi connectivity index (χ4n) is 4.44. The molecule has 1 aromatic heterocycles. The predicted octanol–water partition coefficient (Wildman–Crippen LogP) is 5.06. The van der Waals surface area contributed by atoms with Crippen LogP contribution in [0.1, 0.15) is 59.3 Å². The number of ketones is 1. The van der Waals surface area contributed by atoms with Crippen LogP contribution in [0, 0.1) is 0 Å². The Morgan fingerprint density at radius 1 is 1.20 bits per heavy atom. The van der Waals surface area contributed by atoms with Gasteiger partial charge in [-0.05, 0) is 79.1 Å². The molecule has 0 bridgehead atoms. The molecule has 0 spiro atoms. The molecule has 0 fully saturated rings. The van der Waals surface area contributed by atoms with Gasteiger partial charge in [-0.1, -0.05) is 30.3 Å². The molecule has 1 aliphatic carbocycles. The van der Waals surface area contributed by atoms with Crippen molar-refractivity contribution in [2.24, 2.45) is 0 Å². The van der Waals surface area contributed by atoms with Crippen molar-refractivity contribution in [3.8, 4) is 16.9 Å². The zero-order valence-electron chi connectivity index (χ0n) is 19.6. The van der Waals surface area contributed by atoms with E-state index in [-0.39, 0.29) is 23.4 Å². The van der Waals surface area contributed by atoms with Gasteiger partial charge in [0.25, 0.3) is 0 Å². The summed E-state index contributed by atoms with van der Waals surface area (Å²) in [6.45, 7) is 3.36. The van der Waals surface area contributed by atoms with E-state index in [1.165, 1.54) is 5.56 Å². The molecule has 182 valence electrons. The average Bonchev–Trinajstić information content (AvgIpc) is 3.22. The third kappa shape index (κ3) is 6.44. The third-order valence-electron chi connectivity index (χ3n) is 6.24. The number of ether oxygens (including phenoxy) is 1. The number of rotatable bonds is 11. The minimum Gasteiger partial charge on any atom is -0.494 e. The number of fused-ring (bicyclic) bond motifs is 1. The zero-order chi connectivity index (χ0) is 24.8. The topological polar surface area (TPSA) is 101 Å². The van der Waals surface area contributed by atoms with E-state index < -0.39 is 5.97 Å². The van der Waals surface area contributed by atoms with E-state index in [9.17, 15) is 9.59 Å². The number of nitrogens with one attached hydrogen (secondary N) is 1. The first-order valence-corrected chi connectivity index (χ1v) is 12.1. The second kappa shape index (κ2) is 11.4. The number of carboxylic acid groups (broad SMARTS) is 1. The van der Waals surface area contributed by atoms with E-state index in [1.807, 2.05) is 30.3 Å². The SMILES string of the molecule is CC(=O)c1ccc(-c2cnc(Cl)nc2CNCCCOc2ccc3c(c2)CC[C@H]3CC(=O)O)cc1. The molecule has 3 aromatic rings. The van der Waals surface area contributed by atoms with Crippen molar-refractivity contribution in [3.05, 3.63) is 76.3 Å². The molecule has 4 rings (SSSR count). The zero-order valence-corrected chi connectivity index (χ0v) is 20.3. The van der Waals surface area contributed by atoms with E-state index in [2.05, 4.69) is 15.3 Å². The largest absolute Gasteiger partial charge is 0.494 e. The van der Waals surface area contributed by atoms with Crippen LogP contribution in [-0.4, -0.2) is 40.0 Å². The number of hydrogen-bond acceptors (Lipinski definition) is 6. The maximum Gasteiger partial charge on any atom is 0.303 e. The van der Waals surface area contributed by atoms with E-state index in [0.717, 1.165) is 53.9 Å². The minimum absolute atomic E-state index is 0.0234. The van der Waals surface area contributed by atoms with Gasteiger partial charge < -0.3 is 15.2 Å². The van der Waals surface area contributed by atoms with Gasteiger partial charge in [0.2, 0.25) is 5.28 Å². The van der Waals surface area contributed by atoms with Crippen molar-refractivity contribution in [2.45, 2.75) is 45.1 Å². The number of aryl methyl sites for hydroxylation is 1. The Bertz CT molecular complexity index is 1210. The summed E-state index contributed by atoms with van der Waals surface area (Å²) in [5, 5.41) is 12.6. The summed E-state index contributed by atoms with van der Waals surface area (Å²) in [5.41, 5.74) is 5.57. The highest BCUT2D eigenvalue weighted by atomic mass is 35.5. The van der Waals surface area contributed by atoms with Crippen LogP contribution < -0.4 is 10.1 Å². The average molecular weight is 494 g/mol. The molecule has 2 N–H and O–H groups in total. The second-order valence-corrected chi connectivity index (χ2v) is 9.04. The van der Waals surface area contributed by atoms with E-state index in [1.54, 1.807) is 25.3 Å². The molecule has 0 radical (unpaired) electrons. The number of aromatic nitrogens is 2. The molecule has 1 aliphatic rings. The lowest BCUT2D eigenvalue weighted by Crippen LogP contribution is -2.18. The molecule has 0 amide bonds. The van der Waals surface area contributed by atoms with E-state index in [4.69, 9.17) is 21.4 Å². The molecular formula is C27H28ClN3O4. The Kier molecular flexibility index (Phi) is 8.10. The molecule has 35 heavy (non-hydrogen) atoms. The summed E-state index contributed by atoms with van der Waals surface area (Å²) < 4.78 is 5.91. The molecule has 1 heterocycles. The Balaban J connectivity index is 1.27. The normalized spacial score (nSPS) is 14.5. The fourth-order valence-corrected chi connectivity index (χ4v) is 4.59. The first-order valence-electron chi connectivity index (χ1n) is 11.7. The molecule has 7 nitrogen and oxygen atoms in total. The summed E-state index contributed by atoms with van der Waals surface area (Å²) in [5.74, 6) is 0.194. The van der Waals surface area contributed by atoms with Crippen molar-refractivity contribution >= 4 is 23.4 Å². The van der Waals surface area contributed by atoms with Crippen molar-refractivity contribution in [1.82, 2.24) is 15.3 Å². The predicted molar refractivity (Wildman–Crippen MR) is 134 cm³/mol. The van der Waals surface area contributed by atoms with Gasteiger partial charge in [0.15, 0.2) is 5.78 Å². The Morgan fingerprint density at radius 3 is 2.74 bits per heavy atom. The fraction of sp³-hybridized carbons (Fsp3) is 0.333. The van der Waals surface area contributed by atoms with Crippen LogP contribution in [0.25, 0.3) is 11.1 Å². The number of aliphatic carboxylic acids is 1. The summed E-state index contributed by atoms with van der Waals surface area (Å²) >= 11 is 6.03. The van der Waals surface area contributed by atoms with Crippen molar-refractivity contribution in [3.63, 3.8) is 0 Å². The van der Waals surface area contributed by atoms with Gasteiger partial charge in [-0.2, -0.15) is 0 Å². The van der Waals surface area contributed by atoms with Gasteiger partial charge in [0.05, 0.1) is 18.7 Å². The highest BCUT2D eigenvalue weighted by Crippen LogP contribution is 2.37. The first kappa shape index (κ1) is 24.8. The van der Waals surface area contributed by atoms with Gasteiger partial charge in [-0.3, -0.25) is 9.59 Å². The molecule has 8 heteroatoms. The van der Waals surface area contributed by atoms with Crippen LogP contribution in [0.4, 0.5) is 0 Å². The smallest absolute Gasteiger partial charge is 0.303 e. The van der Waals surface area contributed by atoms with E-state index >= 15 is 0 Å². The van der Waals surface area contributed by atoms with Crippen LogP contribution in [0.3, 0.4) is 0 Å². The van der Waals surface area contributed by atoms with Crippen molar-refractivity contribution in [1.29, 1.82) is 0 Å². The monoisotopic (exact) mass is 493 g/mol. The first-order chi connectivity index (χ1) is 16.9. The van der Waals surface area contributed by atoms with Crippen LogP contribution in [0.5, 0.6) is 5.75 Å². The van der Waals surface area contributed by atoms with Crippen LogP contribution >= 0.6 is 11.6 Å². The standard InChI is InChI=1S/C27H28ClN3O4/c1-17(32)18-3-5-19(6-4-18)24-15-30-27(28)31-25(24)16-29-11-2-12-35-22-9-10-23-20(13-22)7-8-21(23)14-26(33)34/h3-6,9-10,13,15,21,29H,2,7-8,11-12,14,16H2,1H3,(H,33,34)/t21-/m0/s1. The Morgan fingerprint density at radius 2 is 2.00 bits per heavy atom. The number of carbonyl (C=O) groups excluding carboxylic acids is 1. The minimum atomic E-state index is -0.752. The number of carbonyl (C=O) groups is 2. The number of Topliss-reactive ketones (excluding diaryl/α,β-unsaturated/α-hetero) is 1. The summed E-state index contributed by atoms with van der Waals surface area (Å²) in [7, 11) is 0. The van der Waals surface area contributed by atoms with Gasteiger partial charge in [-0.25, -0.2) is 9.97 Å². The number of benzene rings is 2. The van der Waals surface area contributed by atoms with Gasteiger partial charge in [0, 0.05) is 23.9 Å². The van der Waals surface area contributed by atoms with Gasteiger partial charge in [-0.15, -0.1) is 0 Å². The van der Waals surface area contributed by atoms with Gasteiger partial charge in [0.1, 0.15) is 5.75 Å². The molecule has 2 aromatic carbocycles. The molecular weight excluding hydrogens is 466 g/mol. The van der Waals surface area contributed by atoms with Crippen LogP contribution in [0.2, 0.25) is 5.28 Å². The van der Waals surface area contributed by atoms with Crippen LogP contribution in [0.15, 0.2) is 48.7 Å². The Labute approximate surface area is 209 Å². The number of nitrogens with zero attached hydrogens (tertiary/aromatic N) is 2. The molecule has 0 saturated carbocycles. The maximum atomic E-state index is 11.5. The molecule has 0 unspecified atom stereocenters. The lowest BCUT2D eigenvalue weighted by Gasteiger charge is -2.12. The third-order valence-corrected chi connectivity index (χ3v) is 6.42. The highest BCUT2D eigenvalue weighted by Gasteiger charge is 2.24. The maximum absolute atomic E-state index is 11.5. The highest BCUT2D eigenvalue weighted by molar-refractivity contribution is 6.28. The number of carboxylic acids is 1. The molecule has 1 atom stereocenters. The second-order valence-electron chi connectivity index (χ2n) is 8.71. The number of hydrogen-bond donors (Lipinski definition) is 2. The Hall–Kier alpha value is -3.29. The van der Waals surface area contributed by atoms with Gasteiger partial charge >= 0.3 is 5.97 Å². The quantitative estimate of drug-likeness (QED) is 0.218. The van der Waals surface area contributed by atoms with E-state index in [0.29, 0.717) is 18.7 Å². The molecule has 0 aliphatic heterocycles. The van der Waals surface area contributed by atoms with Crippen LogP contribution in [-0.2, 0) is 17.8 Å². The van der Waals surface area contributed by atoms with Crippen molar-refractivity contribution < 1.29 is 19.4 Å². The lowest BCUT2D eigenvalue weighted by atomic mass is 9.98. The summed E-state index contributed by atoms with van der Waals surface area (Å²) in [4.78, 5) is 31.1. The summed E-state index contributed by atoms with van der Waals surface area (Å²) in [6, 6.07) is 13.4. The van der Waals surface area contributed by atoms with Crippen molar-refractivity contribution in [2.75, 3.05) is 13.2 Å². The lowest BCUT2D eigenvalue weighted by molar-refractivity contribution is -0.137. The number of halogens is 1.